The Balaban J connectivity index is 1.51. The van der Waals surface area contributed by atoms with Gasteiger partial charge in [0.15, 0.2) is 4.90 Å². The van der Waals surface area contributed by atoms with Crippen LogP contribution in [-0.4, -0.2) is 55.7 Å². The van der Waals surface area contributed by atoms with Crippen LogP contribution in [0.25, 0.3) is 0 Å². The summed E-state index contributed by atoms with van der Waals surface area (Å²) in [4.78, 5) is 12.9. The molecule has 4 unspecified atom stereocenters. The van der Waals surface area contributed by atoms with Crippen LogP contribution in [0.1, 0.15) is 12.8 Å². The molecule has 160 valence electrons. The molecule has 0 radical (unpaired) electrons. The first kappa shape index (κ1) is 21.4. The van der Waals surface area contributed by atoms with Crippen LogP contribution in [0.4, 0.5) is 0 Å². The third-order valence-corrected chi connectivity index (χ3v) is 7.11. The molecule has 0 aromatic heterocycles. The van der Waals surface area contributed by atoms with E-state index in [-0.39, 0.29) is 12.0 Å². The summed E-state index contributed by atoms with van der Waals surface area (Å²) in [7, 11) is 0. The molecule has 10 heteroatoms. The lowest BCUT2D eigenvalue weighted by Crippen LogP contribution is -2.58. The zero-order valence-electron chi connectivity index (χ0n) is 15.9. The van der Waals surface area contributed by atoms with Crippen molar-refractivity contribution in [2.24, 2.45) is 5.92 Å². The van der Waals surface area contributed by atoms with Crippen molar-refractivity contribution in [1.29, 1.82) is 0 Å². The van der Waals surface area contributed by atoms with E-state index in [0.717, 1.165) is 0 Å². The van der Waals surface area contributed by atoms with Gasteiger partial charge in [-0.2, -0.15) is 0 Å². The Bertz CT molecular complexity index is 882. The summed E-state index contributed by atoms with van der Waals surface area (Å²) in [6.45, 7) is 0.828. The van der Waals surface area contributed by atoms with Gasteiger partial charge in [-0.1, -0.05) is 16.8 Å². The lowest BCUT2D eigenvalue weighted by Gasteiger charge is -2.39. The number of fused-ring (bicyclic) bond motifs is 1. The molecule has 2 N–H and O–H groups in total. The SMILES string of the molecule is O=C(C1C2CCOC2CCN1[S+]([O-])c1ccc(Oc2ccc(Cl)cc2)cc1)N(O)O. The van der Waals surface area contributed by atoms with Gasteiger partial charge in [0.05, 0.1) is 17.5 Å². The lowest BCUT2D eigenvalue weighted by molar-refractivity contribution is -0.289. The average Bonchev–Trinajstić information content (AvgIpc) is 3.23. The number of carbonyl (C=O) groups excluding carboxylic acids is 1. The fourth-order valence-electron chi connectivity index (χ4n) is 3.94. The third-order valence-electron chi connectivity index (χ3n) is 5.35. The van der Waals surface area contributed by atoms with Crippen molar-refractivity contribution in [1.82, 2.24) is 9.53 Å². The van der Waals surface area contributed by atoms with Crippen LogP contribution in [-0.2, 0) is 20.9 Å². The number of ether oxygens (including phenoxy) is 2. The van der Waals surface area contributed by atoms with Crippen molar-refractivity contribution in [2.75, 3.05) is 13.2 Å². The fraction of sp³-hybridized carbons (Fsp3) is 0.350. The number of hydrogen-bond donors (Lipinski definition) is 2. The Hall–Kier alpha value is -1.85. The molecule has 8 nitrogen and oxygen atoms in total. The number of benzene rings is 2. The van der Waals surface area contributed by atoms with Gasteiger partial charge in [0.2, 0.25) is 0 Å². The van der Waals surface area contributed by atoms with Gasteiger partial charge in [0.1, 0.15) is 17.5 Å². The maximum absolute atomic E-state index is 13.2. The summed E-state index contributed by atoms with van der Waals surface area (Å²) in [5.41, 5.74) is 0. The van der Waals surface area contributed by atoms with E-state index in [2.05, 4.69) is 0 Å². The largest absolute Gasteiger partial charge is 0.593 e. The average molecular weight is 453 g/mol. The first-order chi connectivity index (χ1) is 14.4. The summed E-state index contributed by atoms with van der Waals surface area (Å²) in [5.74, 6) is 0.0227. The molecule has 2 fully saturated rings. The predicted molar refractivity (Wildman–Crippen MR) is 108 cm³/mol. The third kappa shape index (κ3) is 4.42. The standard InChI is InChI=1S/C20H21ClN2O6S/c21-13-1-3-14(4-2-13)29-15-5-7-16(8-6-15)30(27)22-11-9-18-17(10-12-28-18)19(22)20(24)23(25)26/h1-8,17-19,25-26H,9-12H2. The van der Waals surface area contributed by atoms with Crippen LogP contribution in [0.15, 0.2) is 53.4 Å². The second-order valence-electron chi connectivity index (χ2n) is 7.14. The monoisotopic (exact) mass is 452 g/mol. The van der Waals surface area contributed by atoms with Crippen LogP contribution in [0.2, 0.25) is 5.02 Å². The normalized spacial score (nSPS) is 24.9. The van der Waals surface area contributed by atoms with Crippen molar-refractivity contribution in [2.45, 2.75) is 29.9 Å². The van der Waals surface area contributed by atoms with Gasteiger partial charge in [-0.25, -0.2) is 0 Å². The first-order valence-corrected chi connectivity index (χ1v) is 11.0. The van der Waals surface area contributed by atoms with Crippen molar-refractivity contribution in [3.8, 4) is 11.5 Å². The smallest absolute Gasteiger partial charge is 0.295 e. The Kier molecular flexibility index (Phi) is 6.49. The highest BCUT2D eigenvalue weighted by Gasteiger charge is 2.51. The molecule has 0 aliphatic carbocycles. The zero-order valence-corrected chi connectivity index (χ0v) is 17.5. The number of halogens is 1. The molecule has 2 aliphatic rings. The highest BCUT2D eigenvalue weighted by Crippen LogP contribution is 2.37. The molecule has 1 amide bonds. The zero-order chi connectivity index (χ0) is 21.3. The Labute approximate surface area is 181 Å². The van der Waals surface area contributed by atoms with Crippen molar-refractivity contribution in [3.05, 3.63) is 53.6 Å². The maximum atomic E-state index is 13.2. The molecule has 2 saturated heterocycles. The number of rotatable bonds is 5. The number of amides is 1. The van der Waals surface area contributed by atoms with E-state index < -0.39 is 28.5 Å². The van der Waals surface area contributed by atoms with Gasteiger partial charge in [-0.3, -0.25) is 15.2 Å². The van der Waals surface area contributed by atoms with Crippen LogP contribution in [0.5, 0.6) is 11.5 Å². The van der Waals surface area contributed by atoms with Crippen molar-refractivity contribution >= 4 is 28.9 Å². The van der Waals surface area contributed by atoms with E-state index in [1.807, 2.05) is 0 Å². The maximum Gasteiger partial charge on any atom is 0.295 e. The molecule has 0 spiro atoms. The summed E-state index contributed by atoms with van der Waals surface area (Å²) in [6, 6.07) is 12.7. The van der Waals surface area contributed by atoms with Crippen molar-refractivity contribution in [3.63, 3.8) is 0 Å². The molecular weight excluding hydrogens is 432 g/mol. The number of hydrogen-bond acceptors (Lipinski definition) is 7. The molecule has 2 aromatic carbocycles. The summed E-state index contributed by atoms with van der Waals surface area (Å²) >= 11 is 4.20. The molecule has 0 saturated carbocycles. The van der Waals surface area contributed by atoms with E-state index in [1.165, 1.54) is 4.31 Å². The second-order valence-corrected chi connectivity index (χ2v) is 9.02. The van der Waals surface area contributed by atoms with E-state index in [9.17, 15) is 19.8 Å². The molecule has 30 heavy (non-hydrogen) atoms. The van der Waals surface area contributed by atoms with Crippen molar-refractivity contribution < 1.29 is 29.2 Å². The fourth-order valence-corrected chi connectivity index (χ4v) is 5.43. The van der Waals surface area contributed by atoms with Crippen LogP contribution < -0.4 is 4.74 Å². The van der Waals surface area contributed by atoms with Gasteiger partial charge < -0.3 is 14.0 Å². The van der Waals surface area contributed by atoms with Gasteiger partial charge in [-0.05, 0) is 61.4 Å². The highest BCUT2D eigenvalue weighted by molar-refractivity contribution is 7.89. The van der Waals surface area contributed by atoms with E-state index in [1.54, 1.807) is 48.5 Å². The molecule has 0 bridgehead atoms. The molecule has 2 aromatic rings. The number of nitrogens with zero attached hydrogens (tertiary/aromatic N) is 2. The molecule has 4 rings (SSSR count). The van der Waals surface area contributed by atoms with E-state index in [0.29, 0.717) is 47.4 Å². The Morgan fingerprint density at radius 1 is 1.13 bits per heavy atom. The summed E-state index contributed by atoms with van der Waals surface area (Å²) in [5, 5.41) is 18.8. The van der Waals surface area contributed by atoms with Crippen LogP contribution >= 0.6 is 11.6 Å². The van der Waals surface area contributed by atoms with Gasteiger partial charge in [0.25, 0.3) is 5.91 Å². The molecule has 4 atom stereocenters. The summed E-state index contributed by atoms with van der Waals surface area (Å²) in [6.07, 6.45) is 1.06. The van der Waals surface area contributed by atoms with E-state index >= 15 is 0 Å². The quantitative estimate of drug-likeness (QED) is 0.407. The first-order valence-electron chi connectivity index (χ1n) is 9.49. The lowest BCUT2D eigenvalue weighted by atomic mass is 9.87. The Morgan fingerprint density at radius 3 is 2.40 bits per heavy atom. The Morgan fingerprint density at radius 2 is 1.77 bits per heavy atom. The highest BCUT2D eigenvalue weighted by atomic mass is 35.5. The van der Waals surface area contributed by atoms with Crippen LogP contribution in [0, 0.1) is 5.92 Å². The number of hydroxylamine groups is 2. The van der Waals surface area contributed by atoms with Gasteiger partial charge >= 0.3 is 0 Å². The predicted octanol–water partition coefficient (Wildman–Crippen LogP) is 3.24. The van der Waals surface area contributed by atoms with E-state index in [4.69, 9.17) is 21.1 Å². The number of piperidine rings is 1. The molecular formula is C20H21ClN2O6S. The second kappa shape index (κ2) is 9.11. The van der Waals surface area contributed by atoms with Crippen LogP contribution in [0.3, 0.4) is 0 Å². The topological polar surface area (TPSA) is 106 Å². The minimum absolute atomic E-state index is 0.151. The minimum atomic E-state index is -1.67. The van der Waals surface area contributed by atoms with Gasteiger partial charge in [-0.15, -0.1) is 4.31 Å². The van der Waals surface area contributed by atoms with Gasteiger partial charge in [0, 0.05) is 24.1 Å². The minimum Gasteiger partial charge on any atom is -0.593 e. The summed E-state index contributed by atoms with van der Waals surface area (Å²) < 4.78 is 26.1. The molecule has 2 aliphatic heterocycles. The molecule has 2 heterocycles. The number of carbonyl (C=O) groups is 1.